The monoisotopic (exact) mass is 142 g/mol. The lowest BCUT2D eigenvalue weighted by atomic mass is 11.8. The van der Waals surface area contributed by atoms with E-state index in [2.05, 4.69) is 12.0 Å². The van der Waals surface area contributed by atoms with Crippen LogP contribution in [0, 0.1) is 0 Å². The third-order valence-electron chi connectivity index (χ3n) is 0.192. The lowest BCUT2D eigenvalue weighted by molar-refractivity contribution is 0.418. The molecule has 7 heavy (non-hydrogen) atoms. The van der Waals surface area contributed by atoms with E-state index in [0.717, 1.165) is 24.6 Å². The largest absolute Gasteiger partial charge is 0.294 e. The fraction of sp³-hybridized carbons (Fsp3) is 1.00. The van der Waals surface area contributed by atoms with Crippen molar-refractivity contribution >= 4 is 24.6 Å². The minimum absolute atomic E-state index is 0.871. The molecule has 0 bridgehead atoms. The molecule has 44 valence electrons. The molecule has 0 unspecified atom stereocenters. The normalized spacial score (nSPS) is 9.43. The van der Waals surface area contributed by atoms with Crippen LogP contribution < -0.4 is 0 Å². The molecule has 0 aromatic carbocycles. The van der Waals surface area contributed by atoms with Crippen molar-refractivity contribution < 1.29 is 12.0 Å². The van der Waals surface area contributed by atoms with Crippen molar-refractivity contribution in [2.24, 2.45) is 0 Å². The maximum absolute atomic E-state index is 4.52. The molecule has 0 atom stereocenters. The summed E-state index contributed by atoms with van der Waals surface area (Å²) in [7, 11) is 3.03. The fourth-order valence-corrected chi connectivity index (χ4v) is 0.602. The van der Waals surface area contributed by atoms with E-state index in [1.165, 1.54) is 14.2 Å². The third kappa shape index (κ3) is 6.58. The van der Waals surface area contributed by atoms with Crippen LogP contribution in [0.15, 0.2) is 0 Å². The summed E-state index contributed by atoms with van der Waals surface area (Å²) in [5, 5.41) is 0. The summed E-state index contributed by atoms with van der Waals surface area (Å²) in [5.41, 5.74) is 0. The quantitative estimate of drug-likeness (QED) is 0.437. The Morgan fingerprint density at radius 1 is 1.00 bits per heavy atom. The third-order valence-corrected chi connectivity index (χ3v) is 0.908. The van der Waals surface area contributed by atoms with E-state index >= 15 is 0 Å². The van der Waals surface area contributed by atoms with Crippen LogP contribution in [-0.2, 0) is 12.0 Å². The van der Waals surface area contributed by atoms with Crippen LogP contribution in [0.5, 0.6) is 0 Å². The maximum Gasteiger partial charge on any atom is 0.173 e. The molecule has 0 aliphatic heterocycles. The van der Waals surface area contributed by atoms with Crippen molar-refractivity contribution in [1.82, 2.24) is 0 Å². The molecule has 0 aromatic heterocycles. The predicted molar refractivity (Wildman–Crippen MR) is 30.3 cm³/mol. The van der Waals surface area contributed by atoms with Gasteiger partial charge in [-0.2, -0.15) is 3.63 Å². The molecule has 0 N–H and O–H groups in total. The van der Waals surface area contributed by atoms with Gasteiger partial charge in [0.2, 0.25) is 0 Å². The van der Waals surface area contributed by atoms with Crippen LogP contribution in [-0.4, -0.2) is 14.2 Å². The predicted octanol–water partition coefficient (Wildman–Crippen LogP) is 1.42. The highest BCUT2D eigenvalue weighted by molar-refractivity contribution is 8.03. The highest BCUT2D eigenvalue weighted by Gasteiger charge is 1.82. The van der Waals surface area contributed by atoms with E-state index in [-0.39, 0.29) is 0 Å². The van der Waals surface area contributed by atoms with Gasteiger partial charge in [0.05, 0.1) is 14.2 Å². The SMILES string of the molecule is COSOSOC. The first-order valence-corrected chi connectivity index (χ1v) is 2.82. The number of hydrogen-bond donors (Lipinski definition) is 0. The zero-order chi connectivity index (χ0) is 5.54. The van der Waals surface area contributed by atoms with Crippen molar-refractivity contribution in [2.45, 2.75) is 0 Å². The molecule has 0 fully saturated rings. The van der Waals surface area contributed by atoms with E-state index in [4.69, 9.17) is 0 Å². The Bertz CT molecular complexity index is 30.1. The molecular weight excluding hydrogens is 136 g/mol. The van der Waals surface area contributed by atoms with Crippen molar-refractivity contribution in [3.63, 3.8) is 0 Å². The Morgan fingerprint density at radius 2 is 1.43 bits per heavy atom. The van der Waals surface area contributed by atoms with Crippen molar-refractivity contribution in [3.05, 3.63) is 0 Å². The van der Waals surface area contributed by atoms with Gasteiger partial charge in [0, 0.05) is 0 Å². The zero-order valence-electron chi connectivity index (χ0n) is 4.04. The van der Waals surface area contributed by atoms with Gasteiger partial charge in [0.25, 0.3) is 0 Å². The van der Waals surface area contributed by atoms with E-state index in [1.54, 1.807) is 0 Å². The second kappa shape index (κ2) is 6.58. The smallest absolute Gasteiger partial charge is 0.173 e. The van der Waals surface area contributed by atoms with Crippen LogP contribution >= 0.6 is 24.6 Å². The summed E-state index contributed by atoms with van der Waals surface area (Å²) < 4.78 is 13.4. The molecule has 0 saturated carbocycles. The average Bonchev–Trinajstić information content (AvgIpc) is 1.69. The molecule has 0 saturated heterocycles. The van der Waals surface area contributed by atoms with Gasteiger partial charge in [-0.15, -0.1) is 0 Å². The highest BCUT2D eigenvalue weighted by Crippen LogP contribution is 2.13. The van der Waals surface area contributed by atoms with E-state index in [1.807, 2.05) is 0 Å². The molecule has 0 aliphatic carbocycles. The topological polar surface area (TPSA) is 27.7 Å². The summed E-state index contributed by atoms with van der Waals surface area (Å²) in [5.74, 6) is 0. The lowest BCUT2D eigenvalue weighted by Crippen LogP contribution is -1.67. The van der Waals surface area contributed by atoms with E-state index in [9.17, 15) is 0 Å². The summed E-state index contributed by atoms with van der Waals surface area (Å²) in [6, 6.07) is 0. The van der Waals surface area contributed by atoms with Gasteiger partial charge in [-0.05, 0) is 0 Å². The first-order chi connectivity index (χ1) is 3.41. The Balaban J connectivity index is 2.45. The van der Waals surface area contributed by atoms with Gasteiger partial charge in [-0.25, -0.2) is 0 Å². The summed E-state index contributed by atoms with van der Waals surface area (Å²) in [6.45, 7) is 0. The second-order valence-corrected chi connectivity index (χ2v) is 2.02. The van der Waals surface area contributed by atoms with Gasteiger partial charge >= 0.3 is 0 Å². The molecule has 0 aromatic rings. The standard InChI is InChI=1S/C2H6O3S2/c1-3-6-5-7-4-2/h1-2H3. The fourth-order valence-electron chi connectivity index (χ4n) is 0.0669. The minimum Gasteiger partial charge on any atom is -0.294 e. The Morgan fingerprint density at radius 3 is 1.71 bits per heavy atom. The Hall–Kier alpha value is 0.580. The number of hydrogen-bond acceptors (Lipinski definition) is 5. The van der Waals surface area contributed by atoms with Crippen molar-refractivity contribution in [3.8, 4) is 0 Å². The van der Waals surface area contributed by atoms with Gasteiger partial charge in [0.15, 0.2) is 24.6 Å². The summed E-state index contributed by atoms with van der Waals surface area (Å²) in [6.07, 6.45) is 0. The molecule has 0 amide bonds. The molecule has 0 aliphatic rings. The molecule has 5 heteroatoms. The van der Waals surface area contributed by atoms with Crippen molar-refractivity contribution in [2.75, 3.05) is 14.2 Å². The van der Waals surface area contributed by atoms with E-state index < -0.39 is 0 Å². The van der Waals surface area contributed by atoms with Crippen LogP contribution in [0.2, 0.25) is 0 Å². The summed E-state index contributed by atoms with van der Waals surface area (Å²) in [4.78, 5) is 0. The first-order valence-electron chi connectivity index (χ1n) is 1.48. The van der Waals surface area contributed by atoms with E-state index in [0.29, 0.717) is 0 Å². The van der Waals surface area contributed by atoms with Gasteiger partial charge < -0.3 is 0 Å². The average molecular weight is 142 g/mol. The zero-order valence-corrected chi connectivity index (χ0v) is 5.67. The first kappa shape index (κ1) is 7.58. The van der Waals surface area contributed by atoms with Crippen LogP contribution in [0.4, 0.5) is 0 Å². The van der Waals surface area contributed by atoms with Gasteiger partial charge in [0.1, 0.15) is 0 Å². The maximum atomic E-state index is 4.52. The molecule has 0 radical (unpaired) electrons. The minimum atomic E-state index is 0.871. The van der Waals surface area contributed by atoms with Crippen LogP contribution in [0.25, 0.3) is 0 Å². The second-order valence-electron chi connectivity index (χ2n) is 0.537. The van der Waals surface area contributed by atoms with Crippen LogP contribution in [0.3, 0.4) is 0 Å². The highest BCUT2D eigenvalue weighted by atomic mass is 32.3. The van der Waals surface area contributed by atoms with Crippen LogP contribution in [0.1, 0.15) is 0 Å². The number of rotatable bonds is 4. The molecule has 3 nitrogen and oxygen atoms in total. The molecule has 0 spiro atoms. The summed E-state index contributed by atoms with van der Waals surface area (Å²) >= 11 is 1.74. The molecule has 0 rings (SSSR count). The lowest BCUT2D eigenvalue weighted by Gasteiger charge is -1.90. The van der Waals surface area contributed by atoms with Gasteiger partial charge in [-0.3, -0.25) is 8.37 Å². The molecule has 0 heterocycles. The molecular formula is C2H6O3S2. The van der Waals surface area contributed by atoms with Gasteiger partial charge in [-0.1, -0.05) is 0 Å². The Labute approximate surface area is 51.5 Å². The Kier molecular flexibility index (Phi) is 7.13. The van der Waals surface area contributed by atoms with Crippen molar-refractivity contribution in [1.29, 1.82) is 0 Å².